The minimum absolute atomic E-state index is 0.0211. The van der Waals surface area contributed by atoms with Gasteiger partial charge in [-0.2, -0.15) is 0 Å². The Balaban J connectivity index is 1.55. The molecule has 1 aromatic carbocycles. The highest BCUT2D eigenvalue weighted by molar-refractivity contribution is 7.07. The van der Waals surface area contributed by atoms with E-state index in [1.807, 2.05) is 36.6 Å². The van der Waals surface area contributed by atoms with Gasteiger partial charge < -0.3 is 14.6 Å². The zero-order chi connectivity index (χ0) is 16.9. The van der Waals surface area contributed by atoms with Crippen molar-refractivity contribution in [3.05, 3.63) is 45.0 Å². The molecule has 1 N–H and O–H groups in total. The summed E-state index contributed by atoms with van der Waals surface area (Å²) in [5, 5.41) is 4.69. The van der Waals surface area contributed by atoms with Gasteiger partial charge in [-0.3, -0.25) is 9.59 Å². The fourth-order valence-corrected chi connectivity index (χ4v) is 3.72. The van der Waals surface area contributed by atoms with Crippen LogP contribution in [0.4, 0.5) is 5.69 Å². The second-order valence-corrected chi connectivity index (χ2v) is 6.97. The zero-order valence-electron chi connectivity index (χ0n) is 13.8. The van der Waals surface area contributed by atoms with Gasteiger partial charge in [-0.1, -0.05) is 17.4 Å². The molecule has 3 rings (SSSR count). The number of thiazole rings is 1. The number of rotatable bonds is 6. The topological polar surface area (TPSA) is 60.3 Å². The predicted octanol–water partition coefficient (Wildman–Crippen LogP) is 3.57. The van der Waals surface area contributed by atoms with E-state index in [2.05, 4.69) is 5.32 Å². The lowest BCUT2D eigenvalue weighted by Crippen LogP contribution is -2.20. The Morgan fingerprint density at radius 1 is 1.38 bits per heavy atom. The van der Waals surface area contributed by atoms with Crippen LogP contribution in [0.15, 0.2) is 34.4 Å². The number of aryl methyl sites for hydroxylation is 1. The Morgan fingerprint density at radius 3 is 2.88 bits per heavy atom. The van der Waals surface area contributed by atoms with Crippen LogP contribution in [0, 0.1) is 6.92 Å². The standard InChI is InChI=1S/C18H22N2O3S/c1-13-12-24-18(22)20(13)10-9-17(21)19-14-5-4-8-16(11-14)23-15-6-2-3-7-15/h4-5,8,11-12,15H,2-3,6-7,9-10H2,1H3,(H,19,21). The number of nitrogens with zero attached hydrogens (tertiary/aromatic N) is 1. The van der Waals surface area contributed by atoms with Crippen molar-refractivity contribution < 1.29 is 9.53 Å². The van der Waals surface area contributed by atoms with Gasteiger partial charge in [0.05, 0.1) is 6.10 Å². The minimum atomic E-state index is -0.106. The van der Waals surface area contributed by atoms with E-state index in [4.69, 9.17) is 4.74 Å². The molecule has 0 spiro atoms. The maximum Gasteiger partial charge on any atom is 0.307 e. The van der Waals surface area contributed by atoms with Crippen molar-refractivity contribution in [1.82, 2.24) is 4.57 Å². The predicted molar refractivity (Wildman–Crippen MR) is 95.9 cm³/mol. The summed E-state index contributed by atoms with van der Waals surface area (Å²) < 4.78 is 7.58. The van der Waals surface area contributed by atoms with Crippen LogP contribution in [0.25, 0.3) is 0 Å². The summed E-state index contributed by atoms with van der Waals surface area (Å²) in [6.07, 6.45) is 5.22. The number of hydrogen-bond donors (Lipinski definition) is 1. The molecule has 2 aromatic rings. The molecule has 24 heavy (non-hydrogen) atoms. The summed E-state index contributed by atoms with van der Waals surface area (Å²) >= 11 is 1.16. The third-order valence-electron chi connectivity index (χ3n) is 4.26. The maximum atomic E-state index is 12.1. The monoisotopic (exact) mass is 346 g/mol. The summed E-state index contributed by atoms with van der Waals surface area (Å²) in [6, 6.07) is 7.51. The molecule has 0 bridgehead atoms. The molecule has 0 radical (unpaired) electrons. The van der Waals surface area contributed by atoms with E-state index < -0.39 is 0 Å². The third kappa shape index (κ3) is 4.26. The third-order valence-corrected chi connectivity index (χ3v) is 5.14. The van der Waals surface area contributed by atoms with Crippen LogP contribution in [0.2, 0.25) is 0 Å². The van der Waals surface area contributed by atoms with Gasteiger partial charge in [0.25, 0.3) is 0 Å². The maximum absolute atomic E-state index is 12.1. The van der Waals surface area contributed by atoms with E-state index >= 15 is 0 Å². The number of carbonyl (C=O) groups excluding carboxylic acids is 1. The molecule has 1 fully saturated rings. The molecule has 6 heteroatoms. The summed E-state index contributed by atoms with van der Waals surface area (Å²) in [5.41, 5.74) is 1.62. The van der Waals surface area contributed by atoms with E-state index in [9.17, 15) is 9.59 Å². The minimum Gasteiger partial charge on any atom is -0.490 e. The van der Waals surface area contributed by atoms with Gasteiger partial charge in [-0.15, -0.1) is 0 Å². The molecule has 1 heterocycles. The Morgan fingerprint density at radius 2 is 2.17 bits per heavy atom. The van der Waals surface area contributed by atoms with E-state index in [1.165, 1.54) is 12.8 Å². The van der Waals surface area contributed by atoms with Crippen molar-refractivity contribution in [2.75, 3.05) is 5.32 Å². The highest BCUT2D eigenvalue weighted by atomic mass is 32.1. The van der Waals surface area contributed by atoms with Gasteiger partial charge >= 0.3 is 4.87 Å². The Bertz CT molecular complexity index is 760. The first kappa shape index (κ1) is 16.8. The lowest BCUT2D eigenvalue weighted by molar-refractivity contribution is -0.116. The second kappa shape index (κ2) is 7.66. The smallest absolute Gasteiger partial charge is 0.307 e. The number of ether oxygens (including phenoxy) is 1. The molecule has 128 valence electrons. The molecular weight excluding hydrogens is 324 g/mol. The molecule has 0 aliphatic heterocycles. The number of benzene rings is 1. The van der Waals surface area contributed by atoms with Crippen molar-refractivity contribution in [2.24, 2.45) is 0 Å². The van der Waals surface area contributed by atoms with Crippen LogP contribution in [-0.2, 0) is 11.3 Å². The number of aromatic nitrogens is 1. The fourth-order valence-electron chi connectivity index (χ4n) is 2.96. The number of hydrogen-bond acceptors (Lipinski definition) is 4. The fraction of sp³-hybridized carbons (Fsp3) is 0.444. The van der Waals surface area contributed by atoms with Crippen molar-refractivity contribution in [3.8, 4) is 5.75 Å². The highest BCUT2D eigenvalue weighted by Crippen LogP contribution is 2.25. The first-order valence-corrected chi connectivity index (χ1v) is 9.21. The summed E-state index contributed by atoms with van der Waals surface area (Å²) in [4.78, 5) is 23.8. The van der Waals surface area contributed by atoms with E-state index in [-0.39, 0.29) is 17.2 Å². The molecule has 1 aliphatic rings. The molecular formula is C18H22N2O3S. The molecule has 1 aliphatic carbocycles. The van der Waals surface area contributed by atoms with Crippen molar-refractivity contribution in [1.29, 1.82) is 0 Å². The van der Waals surface area contributed by atoms with Crippen LogP contribution in [0.1, 0.15) is 37.8 Å². The molecule has 1 aromatic heterocycles. The van der Waals surface area contributed by atoms with Crippen molar-refractivity contribution in [3.63, 3.8) is 0 Å². The van der Waals surface area contributed by atoms with Crippen molar-refractivity contribution in [2.45, 2.75) is 51.7 Å². The van der Waals surface area contributed by atoms with Crippen LogP contribution >= 0.6 is 11.3 Å². The van der Waals surface area contributed by atoms with Crippen molar-refractivity contribution >= 4 is 22.9 Å². The Hall–Kier alpha value is -2.08. The van der Waals surface area contributed by atoms with Gasteiger partial charge in [0.2, 0.25) is 5.91 Å². The number of anilines is 1. The van der Waals surface area contributed by atoms with Crippen LogP contribution < -0.4 is 14.9 Å². The quantitative estimate of drug-likeness (QED) is 0.870. The van der Waals surface area contributed by atoms with E-state index in [0.717, 1.165) is 41.3 Å². The molecule has 0 unspecified atom stereocenters. The van der Waals surface area contributed by atoms with Gasteiger partial charge in [0, 0.05) is 35.8 Å². The molecule has 0 saturated heterocycles. The van der Waals surface area contributed by atoms with Gasteiger partial charge in [-0.05, 0) is 44.7 Å². The number of nitrogens with one attached hydrogen (secondary N) is 1. The van der Waals surface area contributed by atoms with Crippen LogP contribution in [-0.4, -0.2) is 16.6 Å². The van der Waals surface area contributed by atoms with E-state index in [0.29, 0.717) is 12.6 Å². The molecule has 5 nitrogen and oxygen atoms in total. The van der Waals surface area contributed by atoms with Crippen LogP contribution in [0.3, 0.4) is 0 Å². The van der Waals surface area contributed by atoms with Crippen LogP contribution in [0.5, 0.6) is 5.75 Å². The molecule has 1 saturated carbocycles. The van der Waals surface area contributed by atoms with E-state index in [1.54, 1.807) is 4.57 Å². The SMILES string of the molecule is Cc1csc(=O)n1CCC(=O)Nc1cccc(OC2CCCC2)c1. The zero-order valence-corrected chi connectivity index (χ0v) is 14.6. The average molecular weight is 346 g/mol. The highest BCUT2D eigenvalue weighted by Gasteiger charge is 2.16. The normalized spacial score (nSPS) is 14.7. The number of carbonyl (C=O) groups is 1. The largest absolute Gasteiger partial charge is 0.490 e. The molecule has 0 atom stereocenters. The lowest BCUT2D eigenvalue weighted by Gasteiger charge is -2.14. The first-order chi connectivity index (χ1) is 11.6. The average Bonchev–Trinajstić information content (AvgIpc) is 3.16. The van der Waals surface area contributed by atoms with Gasteiger partial charge in [0.15, 0.2) is 0 Å². The summed E-state index contributed by atoms with van der Waals surface area (Å²) in [6.45, 7) is 2.28. The summed E-state index contributed by atoms with van der Waals surface area (Å²) in [7, 11) is 0. The lowest BCUT2D eigenvalue weighted by atomic mass is 10.2. The second-order valence-electron chi connectivity index (χ2n) is 6.14. The van der Waals surface area contributed by atoms with Gasteiger partial charge in [-0.25, -0.2) is 0 Å². The first-order valence-electron chi connectivity index (χ1n) is 8.33. The Labute approximate surface area is 145 Å². The summed E-state index contributed by atoms with van der Waals surface area (Å²) in [5.74, 6) is 0.690. The molecule has 1 amide bonds. The number of amides is 1. The Kier molecular flexibility index (Phi) is 5.35. The van der Waals surface area contributed by atoms with Gasteiger partial charge in [0.1, 0.15) is 5.75 Å².